The molecule has 1 fully saturated rings. The Hall–Kier alpha value is -1.69. The quantitative estimate of drug-likeness (QED) is 0.856. The van der Waals surface area contributed by atoms with Crippen molar-refractivity contribution >= 4 is 10.0 Å². The molecule has 0 bridgehead atoms. The number of sulfonamides is 1. The van der Waals surface area contributed by atoms with E-state index in [0.29, 0.717) is 18.0 Å². The van der Waals surface area contributed by atoms with E-state index in [0.717, 1.165) is 24.1 Å². The first-order chi connectivity index (χ1) is 11.5. The Morgan fingerprint density at radius 1 is 1.00 bits per heavy atom. The van der Waals surface area contributed by atoms with Gasteiger partial charge in [-0.1, -0.05) is 49.4 Å². The third kappa shape index (κ3) is 3.38. The molecule has 1 unspecified atom stereocenters. The Morgan fingerprint density at radius 2 is 1.67 bits per heavy atom. The number of benzene rings is 2. The highest BCUT2D eigenvalue weighted by molar-refractivity contribution is 7.89. The van der Waals surface area contributed by atoms with Crippen molar-refractivity contribution in [1.82, 2.24) is 9.21 Å². The first-order valence-electron chi connectivity index (χ1n) is 8.36. The average molecular weight is 344 g/mol. The lowest BCUT2D eigenvalue weighted by molar-refractivity contribution is 0.148. The van der Waals surface area contributed by atoms with Gasteiger partial charge in [0.1, 0.15) is 0 Å². The lowest BCUT2D eigenvalue weighted by atomic mass is 10.0. The molecule has 1 atom stereocenters. The fraction of sp³-hybridized carbons (Fsp3) is 0.368. The number of hydrogen-bond donors (Lipinski definition) is 0. The van der Waals surface area contributed by atoms with Gasteiger partial charge in [-0.15, -0.1) is 0 Å². The molecule has 2 aromatic rings. The summed E-state index contributed by atoms with van der Waals surface area (Å²) in [7, 11) is -1.39. The Labute approximate surface area is 144 Å². The molecular weight excluding hydrogens is 320 g/mol. The van der Waals surface area contributed by atoms with Gasteiger partial charge in [-0.25, -0.2) is 8.42 Å². The molecule has 0 N–H and O–H groups in total. The maximum atomic E-state index is 13.0. The SMILES string of the molecule is CCc1ccc(S(=O)(=O)N2CCN(C)C(c3ccccc3)C2)cc1. The van der Waals surface area contributed by atoms with Crippen molar-refractivity contribution in [2.24, 2.45) is 0 Å². The van der Waals surface area contributed by atoms with Crippen LogP contribution < -0.4 is 0 Å². The van der Waals surface area contributed by atoms with Crippen LogP contribution in [0.2, 0.25) is 0 Å². The standard InChI is InChI=1S/C19H24N2O2S/c1-3-16-9-11-18(12-10-16)24(22,23)21-14-13-20(2)19(15-21)17-7-5-4-6-8-17/h4-12,19H,3,13-15H2,1-2H3. The molecule has 1 aliphatic rings. The van der Waals surface area contributed by atoms with Crippen molar-refractivity contribution in [3.05, 3.63) is 65.7 Å². The predicted molar refractivity (Wildman–Crippen MR) is 96.4 cm³/mol. The number of aryl methyl sites for hydroxylation is 1. The van der Waals surface area contributed by atoms with Crippen molar-refractivity contribution in [3.63, 3.8) is 0 Å². The highest BCUT2D eigenvalue weighted by atomic mass is 32.2. The molecule has 2 aromatic carbocycles. The van der Waals surface area contributed by atoms with Crippen LogP contribution >= 0.6 is 0 Å². The van der Waals surface area contributed by atoms with Crippen LogP contribution in [0.25, 0.3) is 0 Å². The normalized spacial score (nSPS) is 20.2. The number of hydrogen-bond acceptors (Lipinski definition) is 3. The lowest BCUT2D eigenvalue weighted by Gasteiger charge is -2.39. The van der Waals surface area contributed by atoms with Crippen LogP contribution in [0.1, 0.15) is 24.1 Å². The maximum absolute atomic E-state index is 13.0. The van der Waals surface area contributed by atoms with Gasteiger partial charge in [-0.2, -0.15) is 4.31 Å². The van der Waals surface area contributed by atoms with Gasteiger partial charge >= 0.3 is 0 Å². The van der Waals surface area contributed by atoms with Crippen LogP contribution in [0, 0.1) is 0 Å². The first-order valence-corrected chi connectivity index (χ1v) is 9.80. The summed E-state index contributed by atoms with van der Waals surface area (Å²) in [6.07, 6.45) is 0.908. The highest BCUT2D eigenvalue weighted by Gasteiger charge is 2.33. The van der Waals surface area contributed by atoms with Crippen LogP contribution in [0.3, 0.4) is 0 Å². The minimum absolute atomic E-state index is 0.0876. The van der Waals surface area contributed by atoms with Gasteiger partial charge in [-0.3, -0.25) is 4.90 Å². The molecule has 0 radical (unpaired) electrons. The van der Waals surface area contributed by atoms with Crippen molar-refractivity contribution in [2.75, 3.05) is 26.7 Å². The fourth-order valence-electron chi connectivity index (χ4n) is 3.15. The first kappa shape index (κ1) is 17.1. The average Bonchev–Trinajstić information content (AvgIpc) is 2.62. The monoisotopic (exact) mass is 344 g/mol. The van der Waals surface area contributed by atoms with Crippen molar-refractivity contribution in [2.45, 2.75) is 24.3 Å². The molecule has 5 heteroatoms. The van der Waals surface area contributed by atoms with E-state index in [-0.39, 0.29) is 6.04 Å². The molecule has 0 spiro atoms. The van der Waals surface area contributed by atoms with E-state index in [2.05, 4.69) is 31.0 Å². The van der Waals surface area contributed by atoms with Gasteiger partial charge in [0, 0.05) is 25.7 Å². The molecule has 1 aliphatic heterocycles. The summed E-state index contributed by atoms with van der Waals surface area (Å²) in [5.74, 6) is 0. The Morgan fingerprint density at radius 3 is 2.29 bits per heavy atom. The zero-order valence-electron chi connectivity index (χ0n) is 14.2. The predicted octanol–water partition coefficient (Wildman–Crippen LogP) is 2.93. The lowest BCUT2D eigenvalue weighted by Crippen LogP contribution is -2.48. The molecule has 0 amide bonds. The second-order valence-corrected chi connectivity index (χ2v) is 8.21. The van der Waals surface area contributed by atoms with Gasteiger partial charge in [0.25, 0.3) is 0 Å². The third-order valence-electron chi connectivity index (χ3n) is 4.76. The molecule has 0 aliphatic carbocycles. The van der Waals surface area contributed by atoms with Crippen LogP contribution in [0.15, 0.2) is 59.5 Å². The molecular formula is C19H24N2O2S. The van der Waals surface area contributed by atoms with Gasteiger partial charge in [-0.05, 0) is 36.7 Å². The smallest absolute Gasteiger partial charge is 0.243 e. The molecule has 24 heavy (non-hydrogen) atoms. The third-order valence-corrected chi connectivity index (χ3v) is 6.64. The Bertz CT molecular complexity index is 773. The molecule has 0 aromatic heterocycles. The minimum atomic E-state index is -3.44. The molecule has 128 valence electrons. The van der Waals surface area contributed by atoms with E-state index < -0.39 is 10.0 Å². The van der Waals surface area contributed by atoms with E-state index in [1.807, 2.05) is 30.3 Å². The molecule has 1 heterocycles. The van der Waals surface area contributed by atoms with E-state index in [1.54, 1.807) is 16.4 Å². The topological polar surface area (TPSA) is 40.6 Å². The summed E-state index contributed by atoms with van der Waals surface area (Å²) in [4.78, 5) is 2.61. The molecule has 0 saturated carbocycles. The largest absolute Gasteiger partial charge is 0.297 e. The second-order valence-electron chi connectivity index (χ2n) is 6.27. The van der Waals surface area contributed by atoms with Gasteiger partial charge in [0.2, 0.25) is 10.0 Å². The van der Waals surface area contributed by atoms with Crippen molar-refractivity contribution in [1.29, 1.82) is 0 Å². The van der Waals surface area contributed by atoms with Crippen LogP contribution in [-0.4, -0.2) is 44.3 Å². The van der Waals surface area contributed by atoms with Gasteiger partial charge < -0.3 is 0 Å². The highest BCUT2D eigenvalue weighted by Crippen LogP contribution is 2.27. The molecule has 3 rings (SSSR count). The van der Waals surface area contributed by atoms with Gasteiger partial charge in [0.15, 0.2) is 0 Å². The van der Waals surface area contributed by atoms with Gasteiger partial charge in [0.05, 0.1) is 4.90 Å². The van der Waals surface area contributed by atoms with Crippen molar-refractivity contribution < 1.29 is 8.42 Å². The Balaban J connectivity index is 1.85. The number of piperazine rings is 1. The van der Waals surface area contributed by atoms with E-state index in [4.69, 9.17) is 0 Å². The Kier molecular flexibility index (Phi) is 5.04. The van der Waals surface area contributed by atoms with E-state index in [1.165, 1.54) is 0 Å². The molecule has 4 nitrogen and oxygen atoms in total. The second kappa shape index (κ2) is 7.05. The fourth-order valence-corrected chi connectivity index (χ4v) is 4.59. The molecule has 1 saturated heterocycles. The van der Waals surface area contributed by atoms with Crippen LogP contribution in [0.5, 0.6) is 0 Å². The summed E-state index contributed by atoms with van der Waals surface area (Å²) >= 11 is 0. The van der Waals surface area contributed by atoms with E-state index in [9.17, 15) is 8.42 Å². The summed E-state index contributed by atoms with van der Waals surface area (Å²) in [6.45, 7) is 3.80. The summed E-state index contributed by atoms with van der Waals surface area (Å²) in [5, 5.41) is 0. The number of nitrogens with zero attached hydrogens (tertiary/aromatic N) is 2. The summed E-state index contributed by atoms with van der Waals surface area (Å²) < 4.78 is 27.6. The van der Waals surface area contributed by atoms with E-state index >= 15 is 0 Å². The van der Waals surface area contributed by atoms with Crippen LogP contribution in [-0.2, 0) is 16.4 Å². The van der Waals surface area contributed by atoms with Crippen molar-refractivity contribution in [3.8, 4) is 0 Å². The summed E-state index contributed by atoms with van der Waals surface area (Å²) in [6, 6.07) is 17.4. The minimum Gasteiger partial charge on any atom is -0.297 e. The summed E-state index contributed by atoms with van der Waals surface area (Å²) in [5.41, 5.74) is 2.30. The zero-order valence-corrected chi connectivity index (χ0v) is 15.0. The number of likely N-dealkylation sites (N-methyl/N-ethyl adjacent to an activating group) is 1. The zero-order chi connectivity index (χ0) is 17.2. The van der Waals surface area contributed by atoms with Crippen LogP contribution in [0.4, 0.5) is 0 Å². The maximum Gasteiger partial charge on any atom is 0.243 e. The number of rotatable bonds is 4.